The fraction of sp³-hybridized carbons (Fsp3) is 0.538. The zero-order chi connectivity index (χ0) is 14.6. The highest BCUT2D eigenvalue weighted by atomic mass is 79.9. The minimum absolute atomic E-state index is 0.0777. The Hall–Kier alpha value is -0.660. The van der Waals surface area contributed by atoms with Crippen LogP contribution in [-0.2, 0) is 10.0 Å². The second-order valence-electron chi connectivity index (χ2n) is 4.99. The predicted octanol–water partition coefficient (Wildman–Crippen LogP) is 2.86. The van der Waals surface area contributed by atoms with Gasteiger partial charge in [-0.2, -0.15) is 0 Å². The number of halogens is 2. The Morgan fingerprint density at radius 1 is 1.30 bits per heavy atom. The van der Waals surface area contributed by atoms with Gasteiger partial charge in [-0.15, -0.1) is 0 Å². The van der Waals surface area contributed by atoms with E-state index >= 15 is 0 Å². The number of unbranched alkanes of at least 4 members (excludes halogenated alkanes) is 1. The SMILES string of the molecule is O=S(=O)(CCCCNC1CC1)Nc1ccc(F)c(Br)c1. The van der Waals surface area contributed by atoms with Crippen LogP contribution in [0.2, 0.25) is 0 Å². The average Bonchev–Trinajstić information content (AvgIpc) is 3.17. The minimum atomic E-state index is -3.37. The van der Waals surface area contributed by atoms with E-state index < -0.39 is 15.8 Å². The first kappa shape index (κ1) is 15.7. The summed E-state index contributed by atoms with van der Waals surface area (Å²) in [5, 5.41) is 3.34. The number of rotatable bonds is 8. The molecule has 0 aliphatic heterocycles. The van der Waals surface area contributed by atoms with Crippen LogP contribution < -0.4 is 10.0 Å². The molecule has 0 bridgehead atoms. The van der Waals surface area contributed by atoms with Gasteiger partial charge in [-0.3, -0.25) is 4.72 Å². The third-order valence-corrected chi connectivity index (χ3v) is 5.02. The summed E-state index contributed by atoms with van der Waals surface area (Å²) in [7, 11) is -3.37. The molecule has 1 aromatic rings. The van der Waals surface area contributed by atoms with Gasteiger partial charge in [0.25, 0.3) is 0 Å². The molecule has 4 nitrogen and oxygen atoms in total. The largest absolute Gasteiger partial charge is 0.314 e. The number of benzene rings is 1. The lowest BCUT2D eigenvalue weighted by Gasteiger charge is -2.09. The normalized spacial score (nSPS) is 15.3. The van der Waals surface area contributed by atoms with E-state index in [4.69, 9.17) is 0 Å². The van der Waals surface area contributed by atoms with Crippen LogP contribution in [0.4, 0.5) is 10.1 Å². The highest BCUT2D eigenvalue weighted by Crippen LogP contribution is 2.21. The monoisotopic (exact) mass is 364 g/mol. The fourth-order valence-electron chi connectivity index (χ4n) is 1.80. The number of anilines is 1. The standard InChI is InChI=1S/C13H18BrFN2O2S/c14-12-9-11(5-6-13(12)15)17-20(18,19)8-2-1-7-16-10-3-4-10/h5-6,9-10,16-17H,1-4,7-8H2. The van der Waals surface area contributed by atoms with Crippen molar-refractivity contribution in [1.29, 1.82) is 0 Å². The molecule has 0 radical (unpaired) electrons. The van der Waals surface area contributed by atoms with Crippen LogP contribution in [0.5, 0.6) is 0 Å². The Bertz CT molecular complexity index is 561. The topological polar surface area (TPSA) is 58.2 Å². The van der Waals surface area contributed by atoms with Crippen molar-refractivity contribution < 1.29 is 12.8 Å². The van der Waals surface area contributed by atoms with Gasteiger partial charge in [0.2, 0.25) is 10.0 Å². The van der Waals surface area contributed by atoms with Gasteiger partial charge in [0.15, 0.2) is 0 Å². The molecule has 1 aliphatic rings. The first-order valence-corrected chi connectivity index (χ1v) is 9.10. The van der Waals surface area contributed by atoms with Gasteiger partial charge in [-0.1, -0.05) is 0 Å². The van der Waals surface area contributed by atoms with Gasteiger partial charge in [-0.25, -0.2) is 12.8 Å². The van der Waals surface area contributed by atoms with E-state index in [1.807, 2.05) is 0 Å². The second kappa shape index (κ2) is 6.87. The highest BCUT2D eigenvalue weighted by Gasteiger charge is 2.19. The number of hydrogen-bond acceptors (Lipinski definition) is 3. The van der Waals surface area contributed by atoms with Crippen molar-refractivity contribution in [2.24, 2.45) is 0 Å². The van der Waals surface area contributed by atoms with Crippen molar-refractivity contribution in [3.63, 3.8) is 0 Å². The third kappa shape index (κ3) is 5.38. The van der Waals surface area contributed by atoms with E-state index in [0.717, 1.165) is 13.0 Å². The number of sulfonamides is 1. The van der Waals surface area contributed by atoms with Crippen molar-refractivity contribution in [1.82, 2.24) is 5.32 Å². The Balaban J connectivity index is 1.75. The maximum Gasteiger partial charge on any atom is 0.232 e. The summed E-state index contributed by atoms with van der Waals surface area (Å²) in [6.07, 6.45) is 3.92. The molecule has 2 rings (SSSR count). The van der Waals surface area contributed by atoms with Crippen molar-refractivity contribution in [2.75, 3.05) is 17.0 Å². The predicted molar refractivity (Wildman–Crippen MR) is 81.8 cm³/mol. The van der Waals surface area contributed by atoms with E-state index in [1.165, 1.54) is 31.0 Å². The average molecular weight is 365 g/mol. The van der Waals surface area contributed by atoms with Gasteiger partial charge < -0.3 is 5.32 Å². The molecule has 1 fully saturated rings. The van der Waals surface area contributed by atoms with E-state index in [1.54, 1.807) is 0 Å². The summed E-state index contributed by atoms with van der Waals surface area (Å²) in [6, 6.07) is 4.70. The lowest BCUT2D eigenvalue weighted by molar-refractivity contribution is 0.590. The molecule has 7 heteroatoms. The van der Waals surface area contributed by atoms with Crippen LogP contribution in [0.15, 0.2) is 22.7 Å². The summed E-state index contributed by atoms with van der Waals surface area (Å²) in [4.78, 5) is 0. The molecule has 112 valence electrons. The summed E-state index contributed by atoms with van der Waals surface area (Å²) < 4.78 is 39.5. The van der Waals surface area contributed by atoms with Crippen LogP contribution in [0.1, 0.15) is 25.7 Å². The van der Waals surface area contributed by atoms with Gasteiger partial charge in [0.1, 0.15) is 5.82 Å². The smallest absolute Gasteiger partial charge is 0.232 e. The van der Waals surface area contributed by atoms with E-state index in [9.17, 15) is 12.8 Å². The maximum atomic E-state index is 13.1. The van der Waals surface area contributed by atoms with Crippen molar-refractivity contribution >= 4 is 31.6 Å². The summed E-state index contributed by atoms with van der Waals surface area (Å²) >= 11 is 3.03. The minimum Gasteiger partial charge on any atom is -0.314 e. The van der Waals surface area contributed by atoms with Crippen molar-refractivity contribution in [2.45, 2.75) is 31.7 Å². The van der Waals surface area contributed by atoms with Crippen LogP contribution >= 0.6 is 15.9 Å². The molecule has 2 N–H and O–H groups in total. The Labute approximate surface area is 127 Å². The lowest BCUT2D eigenvalue weighted by Crippen LogP contribution is -2.20. The molecular weight excluding hydrogens is 347 g/mol. The molecule has 0 amide bonds. The molecule has 1 aromatic carbocycles. The first-order chi connectivity index (χ1) is 9.46. The van der Waals surface area contributed by atoms with E-state index in [0.29, 0.717) is 18.2 Å². The molecule has 1 aliphatic carbocycles. The molecule has 0 heterocycles. The van der Waals surface area contributed by atoms with E-state index in [2.05, 4.69) is 26.0 Å². The second-order valence-corrected chi connectivity index (χ2v) is 7.68. The molecule has 0 aromatic heterocycles. The molecule has 1 saturated carbocycles. The van der Waals surface area contributed by atoms with Gasteiger partial charge in [0.05, 0.1) is 10.2 Å². The Kier molecular flexibility index (Phi) is 5.40. The Morgan fingerprint density at radius 2 is 2.05 bits per heavy atom. The van der Waals surface area contributed by atoms with Crippen LogP contribution in [0, 0.1) is 5.82 Å². The maximum absolute atomic E-state index is 13.1. The fourth-order valence-corrected chi connectivity index (χ4v) is 3.35. The quantitative estimate of drug-likeness (QED) is 0.697. The summed E-state index contributed by atoms with van der Waals surface area (Å²) in [5.41, 5.74) is 0.370. The Morgan fingerprint density at radius 3 is 2.70 bits per heavy atom. The first-order valence-electron chi connectivity index (χ1n) is 6.65. The molecular formula is C13H18BrFN2O2S. The number of hydrogen-bond donors (Lipinski definition) is 2. The van der Waals surface area contributed by atoms with E-state index in [-0.39, 0.29) is 10.2 Å². The molecule has 0 saturated heterocycles. The van der Waals surface area contributed by atoms with Crippen molar-refractivity contribution in [3.05, 3.63) is 28.5 Å². The van der Waals surface area contributed by atoms with Gasteiger partial charge >= 0.3 is 0 Å². The van der Waals surface area contributed by atoms with Crippen molar-refractivity contribution in [3.8, 4) is 0 Å². The highest BCUT2D eigenvalue weighted by molar-refractivity contribution is 9.10. The summed E-state index contributed by atoms with van der Waals surface area (Å²) in [5.74, 6) is -0.340. The summed E-state index contributed by atoms with van der Waals surface area (Å²) in [6.45, 7) is 0.863. The third-order valence-electron chi connectivity index (χ3n) is 3.04. The van der Waals surface area contributed by atoms with Crippen LogP contribution in [-0.4, -0.2) is 26.8 Å². The van der Waals surface area contributed by atoms with Crippen LogP contribution in [0.25, 0.3) is 0 Å². The molecule has 0 unspecified atom stereocenters. The molecule has 0 spiro atoms. The molecule has 0 atom stereocenters. The van der Waals surface area contributed by atoms with Crippen LogP contribution in [0.3, 0.4) is 0 Å². The van der Waals surface area contributed by atoms with Gasteiger partial charge in [0, 0.05) is 11.7 Å². The van der Waals surface area contributed by atoms with Gasteiger partial charge in [-0.05, 0) is 66.4 Å². The lowest BCUT2D eigenvalue weighted by atomic mass is 10.3. The number of nitrogens with one attached hydrogen (secondary N) is 2. The zero-order valence-corrected chi connectivity index (χ0v) is 13.4. The zero-order valence-electron chi connectivity index (χ0n) is 11.0. The molecule has 20 heavy (non-hydrogen) atoms.